The van der Waals surface area contributed by atoms with Crippen LogP contribution in [-0.4, -0.2) is 30.2 Å². The highest BCUT2D eigenvalue weighted by Crippen LogP contribution is 2.42. The minimum Gasteiger partial charge on any atom is -0.365 e. The van der Waals surface area contributed by atoms with Crippen molar-refractivity contribution in [1.82, 2.24) is 4.98 Å². The summed E-state index contributed by atoms with van der Waals surface area (Å²) in [5.74, 6) is 2.82. The van der Waals surface area contributed by atoms with E-state index in [0.717, 1.165) is 6.54 Å². The van der Waals surface area contributed by atoms with Crippen LogP contribution >= 0.6 is 0 Å². The SMILES string of the molecule is C#CCN1c2cnccc2N(CC)[C@H]2CCCC[C@H]21. The van der Waals surface area contributed by atoms with E-state index < -0.39 is 0 Å². The third kappa shape index (κ3) is 1.96. The predicted octanol–water partition coefficient (Wildman–Crippen LogP) is 2.67. The van der Waals surface area contributed by atoms with E-state index in [1.54, 1.807) is 0 Å². The molecule has 0 unspecified atom stereocenters. The van der Waals surface area contributed by atoms with Crippen LogP contribution in [-0.2, 0) is 0 Å². The summed E-state index contributed by atoms with van der Waals surface area (Å²) in [5.41, 5.74) is 2.52. The Kier molecular flexibility index (Phi) is 3.33. The van der Waals surface area contributed by atoms with Gasteiger partial charge in [-0.05, 0) is 25.8 Å². The average molecular weight is 255 g/mol. The highest BCUT2D eigenvalue weighted by atomic mass is 15.3. The van der Waals surface area contributed by atoms with Crippen molar-refractivity contribution in [1.29, 1.82) is 0 Å². The summed E-state index contributed by atoms with van der Waals surface area (Å²) < 4.78 is 0. The lowest BCUT2D eigenvalue weighted by atomic mass is 9.85. The number of hydrogen-bond donors (Lipinski definition) is 0. The topological polar surface area (TPSA) is 19.4 Å². The minimum absolute atomic E-state index is 0.557. The van der Waals surface area contributed by atoms with Crippen molar-refractivity contribution < 1.29 is 0 Å². The van der Waals surface area contributed by atoms with Crippen molar-refractivity contribution in [2.45, 2.75) is 44.7 Å². The second kappa shape index (κ2) is 5.13. The van der Waals surface area contributed by atoms with Gasteiger partial charge in [0.15, 0.2) is 0 Å². The van der Waals surface area contributed by atoms with Crippen molar-refractivity contribution in [3.63, 3.8) is 0 Å². The molecule has 3 heteroatoms. The molecule has 1 aliphatic heterocycles. The van der Waals surface area contributed by atoms with Gasteiger partial charge in [-0.2, -0.15) is 0 Å². The van der Waals surface area contributed by atoms with Gasteiger partial charge < -0.3 is 9.80 Å². The summed E-state index contributed by atoms with van der Waals surface area (Å²) in [6.07, 6.45) is 14.6. The fourth-order valence-corrected chi connectivity index (χ4v) is 3.72. The van der Waals surface area contributed by atoms with Crippen molar-refractivity contribution in [2.24, 2.45) is 0 Å². The van der Waals surface area contributed by atoms with E-state index in [1.807, 2.05) is 12.4 Å². The van der Waals surface area contributed by atoms with E-state index in [0.29, 0.717) is 18.6 Å². The molecule has 1 aromatic heterocycles. The van der Waals surface area contributed by atoms with Crippen molar-refractivity contribution in [3.05, 3.63) is 18.5 Å². The van der Waals surface area contributed by atoms with Gasteiger partial charge in [-0.15, -0.1) is 6.42 Å². The monoisotopic (exact) mass is 255 g/mol. The van der Waals surface area contributed by atoms with Crippen LogP contribution in [0.5, 0.6) is 0 Å². The summed E-state index contributed by atoms with van der Waals surface area (Å²) >= 11 is 0. The van der Waals surface area contributed by atoms with E-state index in [4.69, 9.17) is 6.42 Å². The van der Waals surface area contributed by atoms with Crippen molar-refractivity contribution in [3.8, 4) is 12.3 Å². The Labute approximate surface area is 115 Å². The Hall–Kier alpha value is -1.69. The highest BCUT2D eigenvalue weighted by Gasteiger charge is 2.39. The van der Waals surface area contributed by atoms with Crippen molar-refractivity contribution in [2.75, 3.05) is 22.9 Å². The molecule has 0 bridgehead atoms. The first-order valence-corrected chi connectivity index (χ1v) is 7.27. The quantitative estimate of drug-likeness (QED) is 0.757. The van der Waals surface area contributed by atoms with Gasteiger partial charge in [0.05, 0.1) is 30.2 Å². The molecule has 1 saturated carbocycles. The zero-order valence-corrected chi connectivity index (χ0v) is 11.5. The van der Waals surface area contributed by atoms with Crippen LogP contribution in [0.3, 0.4) is 0 Å². The predicted molar refractivity (Wildman–Crippen MR) is 79.5 cm³/mol. The lowest BCUT2D eigenvalue weighted by Gasteiger charge is -2.51. The van der Waals surface area contributed by atoms with E-state index in [2.05, 4.69) is 33.7 Å². The molecule has 1 aromatic rings. The van der Waals surface area contributed by atoms with Gasteiger partial charge in [0.2, 0.25) is 0 Å². The first-order valence-electron chi connectivity index (χ1n) is 7.27. The maximum atomic E-state index is 5.58. The molecule has 2 aliphatic rings. The Balaban J connectivity index is 2.07. The Morgan fingerprint density at radius 1 is 1.26 bits per heavy atom. The summed E-state index contributed by atoms with van der Waals surface area (Å²) in [6, 6.07) is 3.30. The van der Waals surface area contributed by atoms with Crippen LogP contribution in [0.4, 0.5) is 11.4 Å². The minimum atomic E-state index is 0.557. The van der Waals surface area contributed by atoms with Gasteiger partial charge >= 0.3 is 0 Å². The fraction of sp³-hybridized carbons (Fsp3) is 0.562. The third-order valence-electron chi connectivity index (χ3n) is 4.49. The second-order valence-electron chi connectivity index (χ2n) is 5.40. The standard InChI is InChI=1S/C16H21N3/c1-3-11-19-14-8-6-5-7-13(14)18(4-2)15-9-10-17-12-16(15)19/h1,9-10,12-14H,4-8,11H2,2H3/t13-,14+/m0/s1. The van der Waals surface area contributed by atoms with Gasteiger partial charge in [0.1, 0.15) is 0 Å². The van der Waals surface area contributed by atoms with E-state index in [1.165, 1.54) is 37.1 Å². The molecular weight excluding hydrogens is 234 g/mol. The van der Waals surface area contributed by atoms with E-state index in [-0.39, 0.29) is 0 Å². The van der Waals surface area contributed by atoms with Gasteiger partial charge in [-0.25, -0.2) is 0 Å². The summed E-state index contributed by atoms with van der Waals surface area (Å²) in [5, 5.41) is 0. The number of fused-ring (bicyclic) bond motifs is 2. The molecule has 100 valence electrons. The number of aromatic nitrogens is 1. The molecule has 0 aromatic carbocycles. The second-order valence-corrected chi connectivity index (χ2v) is 5.40. The number of pyridine rings is 1. The van der Waals surface area contributed by atoms with Crippen molar-refractivity contribution >= 4 is 11.4 Å². The molecule has 3 nitrogen and oxygen atoms in total. The maximum Gasteiger partial charge on any atom is 0.0801 e. The molecule has 0 saturated heterocycles. The molecule has 19 heavy (non-hydrogen) atoms. The molecule has 0 spiro atoms. The highest BCUT2D eigenvalue weighted by molar-refractivity contribution is 5.74. The first kappa shape index (κ1) is 12.3. The largest absolute Gasteiger partial charge is 0.365 e. The Bertz CT molecular complexity index is 491. The number of terminal acetylenes is 1. The number of hydrogen-bond acceptors (Lipinski definition) is 3. The molecule has 1 aliphatic carbocycles. The molecule has 0 radical (unpaired) electrons. The van der Waals surface area contributed by atoms with Crippen LogP contribution < -0.4 is 9.80 Å². The lowest BCUT2D eigenvalue weighted by Crippen LogP contribution is -2.57. The lowest BCUT2D eigenvalue weighted by molar-refractivity contribution is 0.342. The van der Waals surface area contributed by atoms with E-state index in [9.17, 15) is 0 Å². The van der Waals surface area contributed by atoms with Gasteiger partial charge in [-0.3, -0.25) is 4.98 Å². The number of nitrogens with zero attached hydrogens (tertiary/aromatic N) is 3. The summed E-state index contributed by atoms with van der Waals surface area (Å²) in [4.78, 5) is 9.25. The molecule has 0 amide bonds. The molecule has 3 rings (SSSR count). The summed E-state index contributed by atoms with van der Waals surface area (Å²) in [7, 11) is 0. The molecule has 2 heterocycles. The maximum absolute atomic E-state index is 5.58. The van der Waals surface area contributed by atoms with Crippen LogP contribution in [0, 0.1) is 12.3 Å². The molecule has 2 atom stereocenters. The zero-order chi connectivity index (χ0) is 13.2. The van der Waals surface area contributed by atoms with E-state index >= 15 is 0 Å². The Morgan fingerprint density at radius 2 is 2.00 bits per heavy atom. The summed E-state index contributed by atoms with van der Waals surface area (Å²) in [6.45, 7) is 3.99. The van der Waals surface area contributed by atoms with Crippen LogP contribution in [0.1, 0.15) is 32.6 Å². The fourth-order valence-electron chi connectivity index (χ4n) is 3.72. The Morgan fingerprint density at radius 3 is 2.68 bits per heavy atom. The van der Waals surface area contributed by atoms with Gasteiger partial charge in [0, 0.05) is 18.8 Å². The molecular formula is C16H21N3. The van der Waals surface area contributed by atoms with Gasteiger partial charge in [-0.1, -0.05) is 18.8 Å². The normalized spacial score (nSPS) is 25.5. The van der Waals surface area contributed by atoms with Crippen LogP contribution in [0.25, 0.3) is 0 Å². The first-order chi connectivity index (χ1) is 9.36. The van der Waals surface area contributed by atoms with Crippen LogP contribution in [0.15, 0.2) is 18.5 Å². The van der Waals surface area contributed by atoms with Crippen LogP contribution in [0.2, 0.25) is 0 Å². The smallest absolute Gasteiger partial charge is 0.0801 e. The number of anilines is 2. The zero-order valence-electron chi connectivity index (χ0n) is 11.5. The number of rotatable bonds is 2. The third-order valence-corrected chi connectivity index (χ3v) is 4.49. The molecule has 0 N–H and O–H groups in total. The molecule has 1 fully saturated rings. The van der Waals surface area contributed by atoms with Gasteiger partial charge in [0.25, 0.3) is 0 Å². The number of likely N-dealkylation sites (N-methyl/N-ethyl adjacent to an activating group) is 1. The average Bonchev–Trinajstić information content (AvgIpc) is 2.47.